The molecule has 218 valence electrons. The molecule has 0 saturated carbocycles. The van der Waals surface area contributed by atoms with Gasteiger partial charge in [-0.3, -0.25) is 14.5 Å². The number of nitrogens with zero attached hydrogens (tertiary/aromatic N) is 3. The van der Waals surface area contributed by atoms with Gasteiger partial charge in [0.25, 0.3) is 0 Å². The Kier molecular flexibility index (Phi) is 8.24. The third kappa shape index (κ3) is 5.53. The Hall–Kier alpha value is -3.04. The van der Waals surface area contributed by atoms with Crippen molar-refractivity contribution in [2.45, 2.75) is 35.6 Å². The van der Waals surface area contributed by atoms with Gasteiger partial charge < -0.3 is 14.8 Å². The molecule has 0 bridgehead atoms. The van der Waals surface area contributed by atoms with Crippen molar-refractivity contribution < 1.29 is 14.0 Å². The Morgan fingerprint density at radius 3 is 2.43 bits per heavy atom. The SMILES string of the molecule is CC(=O)N1CCN(C(=O)C2(Sc3ccccc3)CCN(Cc3ccc(Cl)c(F)c3)C2c2c[nH]c3cc(Cl)ccc23)CC1. The third-order valence-electron chi connectivity index (χ3n) is 8.33. The highest BCUT2D eigenvalue weighted by Gasteiger charge is 2.56. The number of piperazine rings is 1. The largest absolute Gasteiger partial charge is 0.361 e. The van der Waals surface area contributed by atoms with Crippen molar-refractivity contribution in [1.82, 2.24) is 19.7 Å². The molecule has 3 heterocycles. The molecule has 4 aromatic rings. The minimum absolute atomic E-state index is 0.0213. The van der Waals surface area contributed by atoms with Gasteiger partial charge in [0.05, 0.1) is 11.1 Å². The minimum Gasteiger partial charge on any atom is -0.361 e. The number of thioether (sulfide) groups is 1. The number of hydrogen-bond acceptors (Lipinski definition) is 4. The zero-order valence-electron chi connectivity index (χ0n) is 23.2. The molecule has 2 amide bonds. The van der Waals surface area contributed by atoms with E-state index in [1.54, 1.807) is 29.7 Å². The molecule has 0 aliphatic carbocycles. The molecule has 1 N–H and O–H groups in total. The van der Waals surface area contributed by atoms with Crippen LogP contribution in [0, 0.1) is 5.82 Å². The highest BCUT2D eigenvalue weighted by molar-refractivity contribution is 8.01. The third-order valence-corrected chi connectivity index (χ3v) is 10.4. The topological polar surface area (TPSA) is 59.7 Å². The molecular weight excluding hydrogens is 594 g/mol. The number of benzene rings is 3. The molecule has 2 fully saturated rings. The van der Waals surface area contributed by atoms with Gasteiger partial charge in [0.15, 0.2) is 0 Å². The summed E-state index contributed by atoms with van der Waals surface area (Å²) in [4.78, 5) is 37.2. The van der Waals surface area contributed by atoms with Crippen LogP contribution in [-0.2, 0) is 16.1 Å². The maximum Gasteiger partial charge on any atom is 0.241 e. The van der Waals surface area contributed by atoms with E-state index in [4.69, 9.17) is 23.2 Å². The number of carbonyl (C=O) groups excluding carboxylic acids is 2. The van der Waals surface area contributed by atoms with Crippen LogP contribution in [-0.4, -0.2) is 69.0 Å². The van der Waals surface area contributed by atoms with Crippen molar-refractivity contribution in [3.8, 4) is 0 Å². The lowest BCUT2D eigenvalue weighted by atomic mass is 9.90. The Labute approximate surface area is 258 Å². The van der Waals surface area contributed by atoms with Crippen LogP contribution in [0.25, 0.3) is 10.9 Å². The second kappa shape index (κ2) is 11.9. The van der Waals surface area contributed by atoms with E-state index in [0.29, 0.717) is 50.7 Å². The molecular formula is C32H31Cl2FN4O2S. The molecule has 0 spiro atoms. The number of fused-ring (bicyclic) bond motifs is 1. The second-order valence-electron chi connectivity index (χ2n) is 10.9. The molecule has 6 nitrogen and oxygen atoms in total. The van der Waals surface area contributed by atoms with Crippen LogP contribution in [0.5, 0.6) is 0 Å². The predicted molar refractivity (Wildman–Crippen MR) is 166 cm³/mol. The summed E-state index contributed by atoms with van der Waals surface area (Å²) in [7, 11) is 0. The van der Waals surface area contributed by atoms with Gasteiger partial charge in [-0.1, -0.05) is 53.5 Å². The maximum atomic E-state index is 14.9. The molecule has 2 aliphatic heterocycles. The first-order chi connectivity index (χ1) is 20.2. The Morgan fingerprint density at radius 2 is 1.71 bits per heavy atom. The lowest BCUT2D eigenvalue weighted by molar-refractivity contribution is -0.140. The number of nitrogens with one attached hydrogen (secondary N) is 1. The molecule has 2 atom stereocenters. The first-order valence-corrected chi connectivity index (χ1v) is 15.6. The van der Waals surface area contributed by atoms with Gasteiger partial charge in [0.2, 0.25) is 11.8 Å². The fourth-order valence-corrected chi connectivity index (χ4v) is 8.07. The summed E-state index contributed by atoms with van der Waals surface area (Å²) in [6.45, 7) is 4.63. The number of aromatic amines is 1. The van der Waals surface area contributed by atoms with E-state index in [1.807, 2.05) is 65.7 Å². The number of halogens is 3. The van der Waals surface area contributed by atoms with Crippen LogP contribution < -0.4 is 0 Å². The van der Waals surface area contributed by atoms with Crippen molar-refractivity contribution in [2.24, 2.45) is 0 Å². The van der Waals surface area contributed by atoms with E-state index >= 15 is 0 Å². The standard InChI is InChI=1S/C32H31Cl2FN4O2S/c1-21(40)37-13-15-38(16-14-37)31(41)32(42-24-5-3-2-4-6-24)11-12-39(20-22-7-10-27(34)28(35)17-22)30(32)26-19-36-29-18-23(33)8-9-25(26)29/h2-10,17-19,30,36H,11-16,20H2,1H3. The van der Waals surface area contributed by atoms with Crippen LogP contribution in [0.1, 0.15) is 30.5 Å². The molecule has 2 saturated heterocycles. The van der Waals surface area contributed by atoms with Crippen LogP contribution in [0.15, 0.2) is 77.8 Å². The zero-order chi connectivity index (χ0) is 29.4. The molecule has 2 aliphatic rings. The number of aromatic nitrogens is 1. The summed E-state index contributed by atoms with van der Waals surface area (Å²) < 4.78 is 13.6. The summed E-state index contributed by atoms with van der Waals surface area (Å²) in [5, 5.41) is 1.70. The Morgan fingerprint density at radius 1 is 0.976 bits per heavy atom. The van der Waals surface area contributed by atoms with E-state index in [0.717, 1.165) is 26.9 Å². The first-order valence-electron chi connectivity index (χ1n) is 14.0. The van der Waals surface area contributed by atoms with Crippen molar-refractivity contribution in [3.05, 3.63) is 99.9 Å². The number of rotatable bonds is 6. The predicted octanol–water partition coefficient (Wildman–Crippen LogP) is 6.78. The van der Waals surface area contributed by atoms with Crippen molar-refractivity contribution in [2.75, 3.05) is 32.7 Å². The molecule has 2 unspecified atom stereocenters. The monoisotopic (exact) mass is 624 g/mol. The number of hydrogen-bond donors (Lipinski definition) is 1. The highest BCUT2D eigenvalue weighted by atomic mass is 35.5. The van der Waals surface area contributed by atoms with Gasteiger partial charge in [0.1, 0.15) is 10.6 Å². The van der Waals surface area contributed by atoms with Gasteiger partial charge in [-0.25, -0.2) is 4.39 Å². The number of H-pyrrole nitrogens is 1. The summed E-state index contributed by atoms with van der Waals surface area (Å²) in [5.74, 6) is -0.387. The molecule has 10 heteroatoms. The van der Waals surface area contributed by atoms with Gasteiger partial charge in [-0.05, 0) is 53.9 Å². The Bertz CT molecular complexity index is 1630. The Balaban J connectivity index is 1.46. The normalized spacial score (nSPS) is 21.3. The van der Waals surface area contributed by atoms with Gasteiger partial charge in [-0.15, -0.1) is 11.8 Å². The fraction of sp³-hybridized carbons (Fsp3) is 0.312. The van der Waals surface area contributed by atoms with Crippen molar-refractivity contribution in [3.63, 3.8) is 0 Å². The van der Waals surface area contributed by atoms with E-state index in [1.165, 1.54) is 6.07 Å². The minimum atomic E-state index is -0.876. The number of amides is 2. The zero-order valence-corrected chi connectivity index (χ0v) is 25.5. The lowest BCUT2D eigenvalue weighted by Gasteiger charge is -2.42. The summed E-state index contributed by atoms with van der Waals surface area (Å²) in [6, 6.07) is 20.3. The van der Waals surface area contributed by atoms with E-state index in [9.17, 15) is 14.0 Å². The molecule has 0 radical (unpaired) electrons. The average molecular weight is 626 g/mol. The molecule has 3 aromatic carbocycles. The highest BCUT2D eigenvalue weighted by Crippen LogP contribution is 2.54. The summed E-state index contributed by atoms with van der Waals surface area (Å²) in [5.41, 5.74) is 2.67. The van der Waals surface area contributed by atoms with Crippen molar-refractivity contribution >= 4 is 57.7 Å². The average Bonchev–Trinajstić information content (AvgIpc) is 3.55. The van der Waals surface area contributed by atoms with Gasteiger partial charge in [-0.2, -0.15) is 0 Å². The quantitative estimate of drug-likeness (QED) is 0.257. The van der Waals surface area contributed by atoms with Crippen LogP contribution in [0.4, 0.5) is 4.39 Å². The second-order valence-corrected chi connectivity index (χ2v) is 13.2. The van der Waals surface area contributed by atoms with Gasteiger partial charge in [0, 0.05) is 73.2 Å². The lowest BCUT2D eigenvalue weighted by Crippen LogP contribution is -2.56. The summed E-state index contributed by atoms with van der Waals surface area (Å²) >= 11 is 13.9. The number of likely N-dealkylation sites (tertiary alicyclic amines) is 1. The molecule has 6 rings (SSSR count). The van der Waals surface area contributed by atoms with E-state index in [2.05, 4.69) is 9.88 Å². The van der Waals surface area contributed by atoms with Crippen LogP contribution in [0.2, 0.25) is 10.0 Å². The number of carbonyl (C=O) groups is 2. The first kappa shape index (κ1) is 29.1. The fourth-order valence-electron chi connectivity index (χ4n) is 6.27. The van der Waals surface area contributed by atoms with E-state index < -0.39 is 10.6 Å². The summed E-state index contributed by atoms with van der Waals surface area (Å²) in [6.07, 6.45) is 2.58. The van der Waals surface area contributed by atoms with Crippen LogP contribution >= 0.6 is 35.0 Å². The molecule has 42 heavy (non-hydrogen) atoms. The van der Waals surface area contributed by atoms with Crippen molar-refractivity contribution in [1.29, 1.82) is 0 Å². The smallest absolute Gasteiger partial charge is 0.241 e. The van der Waals surface area contributed by atoms with Crippen LogP contribution in [0.3, 0.4) is 0 Å². The maximum absolute atomic E-state index is 14.9. The van der Waals surface area contributed by atoms with Gasteiger partial charge >= 0.3 is 0 Å². The molecule has 1 aromatic heterocycles. The van der Waals surface area contributed by atoms with E-state index in [-0.39, 0.29) is 22.9 Å².